The summed E-state index contributed by atoms with van der Waals surface area (Å²) in [4.78, 5) is 4.42. The van der Waals surface area contributed by atoms with Crippen LogP contribution >= 0.6 is 24.0 Å². The highest BCUT2D eigenvalue weighted by atomic mass is 32.2. The first-order valence-corrected chi connectivity index (χ1v) is 7.82. The van der Waals surface area contributed by atoms with E-state index in [1.807, 2.05) is 11.8 Å². The highest BCUT2D eigenvalue weighted by molar-refractivity contribution is 7.99. The van der Waals surface area contributed by atoms with E-state index in [0.717, 1.165) is 26.1 Å². The fraction of sp³-hybridized carbons (Fsp3) is 0.500. The van der Waals surface area contributed by atoms with E-state index in [2.05, 4.69) is 36.1 Å². The number of benzene rings is 1. The van der Waals surface area contributed by atoms with Gasteiger partial charge >= 0.3 is 0 Å². The molecule has 0 aromatic heterocycles. The predicted octanol–water partition coefficient (Wildman–Crippen LogP) is 2.87. The van der Waals surface area contributed by atoms with Gasteiger partial charge in [-0.15, -0.1) is 11.8 Å². The average Bonchev–Trinajstić information content (AvgIpc) is 2.72. The Kier molecular flexibility index (Phi) is 5.03. The smallest absolute Gasteiger partial charge is 0.0870 e. The molecule has 1 heterocycles. The second kappa shape index (κ2) is 6.55. The SMILES string of the molecule is CCCN(CC(N)=S)CC1CSc2ccccc21. The lowest BCUT2D eigenvalue weighted by molar-refractivity contribution is 0.298. The van der Waals surface area contributed by atoms with Gasteiger partial charge in [0, 0.05) is 29.7 Å². The van der Waals surface area contributed by atoms with E-state index in [9.17, 15) is 0 Å². The standard InChI is InChI=1S/C14H20N2S2/c1-2-7-16(9-14(15)17)8-11-10-18-13-6-4-3-5-12(11)13/h3-6,11H,2,7-10H2,1H3,(H2,15,17). The summed E-state index contributed by atoms with van der Waals surface area (Å²) in [7, 11) is 0. The molecule has 0 saturated heterocycles. The minimum Gasteiger partial charge on any atom is -0.392 e. The second-order valence-corrected chi connectivity index (χ2v) is 6.33. The third kappa shape index (κ3) is 3.46. The van der Waals surface area contributed by atoms with Crippen LogP contribution in [-0.4, -0.2) is 35.3 Å². The molecular weight excluding hydrogens is 260 g/mol. The van der Waals surface area contributed by atoms with Crippen molar-refractivity contribution >= 4 is 29.0 Å². The minimum atomic E-state index is 0.599. The highest BCUT2D eigenvalue weighted by Crippen LogP contribution is 2.39. The summed E-state index contributed by atoms with van der Waals surface area (Å²) >= 11 is 7.00. The fourth-order valence-corrected chi connectivity index (χ4v) is 3.89. The number of hydrogen-bond acceptors (Lipinski definition) is 3. The molecule has 1 aromatic rings. The molecule has 0 aliphatic carbocycles. The van der Waals surface area contributed by atoms with Gasteiger partial charge in [0.25, 0.3) is 0 Å². The van der Waals surface area contributed by atoms with Crippen LogP contribution in [0.25, 0.3) is 0 Å². The van der Waals surface area contributed by atoms with Gasteiger partial charge < -0.3 is 5.73 Å². The molecule has 1 aliphatic rings. The van der Waals surface area contributed by atoms with E-state index in [0.29, 0.717) is 10.9 Å². The maximum Gasteiger partial charge on any atom is 0.0870 e. The summed E-state index contributed by atoms with van der Waals surface area (Å²) in [5, 5.41) is 0. The fourth-order valence-electron chi connectivity index (χ4n) is 2.46. The molecule has 2 rings (SSSR count). The maximum atomic E-state index is 5.68. The van der Waals surface area contributed by atoms with Gasteiger partial charge in [-0.1, -0.05) is 37.3 Å². The van der Waals surface area contributed by atoms with E-state index in [4.69, 9.17) is 18.0 Å². The van der Waals surface area contributed by atoms with Crippen molar-refractivity contribution in [2.24, 2.45) is 5.73 Å². The Morgan fingerprint density at radius 3 is 3.00 bits per heavy atom. The van der Waals surface area contributed by atoms with E-state index in [-0.39, 0.29) is 0 Å². The first kappa shape index (κ1) is 13.8. The van der Waals surface area contributed by atoms with Crippen molar-refractivity contribution in [1.29, 1.82) is 0 Å². The molecule has 4 heteroatoms. The van der Waals surface area contributed by atoms with Gasteiger partial charge in [-0.3, -0.25) is 4.90 Å². The number of thiocarbonyl (C=S) groups is 1. The number of nitrogens with zero attached hydrogens (tertiary/aromatic N) is 1. The van der Waals surface area contributed by atoms with Crippen molar-refractivity contribution in [3.8, 4) is 0 Å². The largest absolute Gasteiger partial charge is 0.392 e. The molecule has 2 N–H and O–H groups in total. The summed E-state index contributed by atoms with van der Waals surface area (Å²) in [6.07, 6.45) is 1.14. The Morgan fingerprint density at radius 1 is 1.50 bits per heavy atom. The topological polar surface area (TPSA) is 29.3 Å². The molecule has 0 bridgehead atoms. The lowest BCUT2D eigenvalue weighted by atomic mass is 10.0. The van der Waals surface area contributed by atoms with Crippen LogP contribution in [0.5, 0.6) is 0 Å². The van der Waals surface area contributed by atoms with Crippen LogP contribution < -0.4 is 5.73 Å². The molecule has 1 unspecified atom stereocenters. The molecule has 2 nitrogen and oxygen atoms in total. The summed E-state index contributed by atoms with van der Waals surface area (Å²) < 4.78 is 0. The lowest BCUT2D eigenvalue weighted by Gasteiger charge is -2.24. The molecule has 98 valence electrons. The maximum absolute atomic E-state index is 5.68. The molecule has 0 saturated carbocycles. The van der Waals surface area contributed by atoms with Crippen molar-refractivity contribution in [2.75, 3.05) is 25.4 Å². The van der Waals surface area contributed by atoms with Gasteiger partial charge in [-0.2, -0.15) is 0 Å². The van der Waals surface area contributed by atoms with Crippen LogP contribution in [0.3, 0.4) is 0 Å². The summed E-state index contributed by atoms with van der Waals surface area (Å²) in [6.45, 7) is 5.08. The van der Waals surface area contributed by atoms with Crippen LogP contribution in [0.2, 0.25) is 0 Å². The van der Waals surface area contributed by atoms with Crippen molar-refractivity contribution in [3.63, 3.8) is 0 Å². The normalized spacial score (nSPS) is 18.0. The monoisotopic (exact) mass is 280 g/mol. The third-order valence-corrected chi connectivity index (χ3v) is 4.58. The first-order valence-electron chi connectivity index (χ1n) is 6.43. The second-order valence-electron chi connectivity index (χ2n) is 4.75. The van der Waals surface area contributed by atoms with Crippen LogP contribution in [0, 0.1) is 0 Å². The quantitative estimate of drug-likeness (QED) is 0.811. The van der Waals surface area contributed by atoms with Crippen molar-refractivity contribution < 1.29 is 0 Å². The van der Waals surface area contributed by atoms with Crippen LogP contribution in [-0.2, 0) is 0 Å². The Morgan fingerprint density at radius 2 is 2.28 bits per heavy atom. The number of thioether (sulfide) groups is 1. The molecule has 0 radical (unpaired) electrons. The molecular formula is C14H20N2S2. The lowest BCUT2D eigenvalue weighted by Crippen LogP contribution is -2.36. The van der Waals surface area contributed by atoms with Crippen LogP contribution in [0.4, 0.5) is 0 Å². The van der Waals surface area contributed by atoms with Crippen LogP contribution in [0.15, 0.2) is 29.2 Å². The van der Waals surface area contributed by atoms with E-state index < -0.39 is 0 Å². The van der Waals surface area contributed by atoms with Crippen molar-refractivity contribution in [2.45, 2.75) is 24.2 Å². The molecule has 0 fully saturated rings. The molecule has 1 aromatic carbocycles. The van der Waals surface area contributed by atoms with E-state index in [1.54, 1.807) is 0 Å². The Balaban J connectivity index is 2.02. The zero-order chi connectivity index (χ0) is 13.0. The van der Waals surface area contributed by atoms with Crippen LogP contribution in [0.1, 0.15) is 24.8 Å². The highest BCUT2D eigenvalue weighted by Gasteiger charge is 2.24. The summed E-state index contributed by atoms with van der Waals surface area (Å²) in [5.74, 6) is 1.80. The number of rotatable bonds is 6. The number of fused-ring (bicyclic) bond motifs is 1. The Hall–Kier alpha value is -0.580. The zero-order valence-corrected chi connectivity index (χ0v) is 12.4. The van der Waals surface area contributed by atoms with Gasteiger partial charge in [-0.25, -0.2) is 0 Å². The first-order chi connectivity index (χ1) is 8.70. The molecule has 1 atom stereocenters. The summed E-state index contributed by atoms with van der Waals surface area (Å²) in [6, 6.07) is 8.73. The predicted molar refractivity (Wildman–Crippen MR) is 83.4 cm³/mol. The van der Waals surface area contributed by atoms with Crippen molar-refractivity contribution in [1.82, 2.24) is 4.90 Å². The van der Waals surface area contributed by atoms with Gasteiger partial charge in [0.15, 0.2) is 0 Å². The average molecular weight is 280 g/mol. The Bertz CT molecular complexity index is 420. The van der Waals surface area contributed by atoms with E-state index in [1.165, 1.54) is 16.2 Å². The molecule has 18 heavy (non-hydrogen) atoms. The third-order valence-electron chi connectivity index (χ3n) is 3.20. The number of nitrogens with two attached hydrogens (primary N) is 1. The molecule has 0 spiro atoms. The molecule has 0 amide bonds. The zero-order valence-electron chi connectivity index (χ0n) is 10.8. The Labute approximate surface area is 119 Å². The van der Waals surface area contributed by atoms with Gasteiger partial charge in [0.2, 0.25) is 0 Å². The number of hydrogen-bond donors (Lipinski definition) is 1. The summed E-state index contributed by atoms with van der Waals surface area (Å²) in [5.41, 5.74) is 7.17. The minimum absolute atomic E-state index is 0.599. The van der Waals surface area contributed by atoms with E-state index >= 15 is 0 Å². The van der Waals surface area contributed by atoms with Gasteiger partial charge in [-0.05, 0) is 24.6 Å². The van der Waals surface area contributed by atoms with Crippen molar-refractivity contribution in [3.05, 3.63) is 29.8 Å². The van der Waals surface area contributed by atoms with Gasteiger partial charge in [0.05, 0.1) is 4.99 Å². The van der Waals surface area contributed by atoms with Gasteiger partial charge in [0.1, 0.15) is 0 Å². The molecule has 1 aliphatic heterocycles.